The third kappa shape index (κ3) is 3.81. The number of phenolic OH excluding ortho intramolecular Hbond substituents is 1. The van der Waals surface area contributed by atoms with Crippen LogP contribution in [-0.2, 0) is 11.3 Å². The topological polar surface area (TPSA) is 113 Å². The molecule has 0 fully saturated rings. The lowest BCUT2D eigenvalue weighted by atomic mass is 10.1. The van der Waals surface area contributed by atoms with Gasteiger partial charge in [-0.1, -0.05) is 12.1 Å². The summed E-state index contributed by atoms with van der Waals surface area (Å²) in [5.41, 5.74) is 0.314. The number of hydrogen-bond donors (Lipinski definition) is 3. The van der Waals surface area contributed by atoms with Gasteiger partial charge in [-0.2, -0.15) is 0 Å². The molecule has 3 N–H and O–H groups in total. The molecular formula is C20H17N3O5S. The Labute approximate surface area is 170 Å². The second-order valence-corrected chi connectivity index (χ2v) is 6.43. The predicted octanol–water partition coefficient (Wildman–Crippen LogP) is 2.99. The monoisotopic (exact) mass is 411 g/mol. The van der Waals surface area contributed by atoms with Gasteiger partial charge in [0.2, 0.25) is 0 Å². The van der Waals surface area contributed by atoms with E-state index in [-0.39, 0.29) is 33.7 Å². The number of allylic oxidation sites excluding steroid dienone is 1. The third-order valence-corrected chi connectivity index (χ3v) is 4.57. The summed E-state index contributed by atoms with van der Waals surface area (Å²) in [6.45, 7) is 3.87. The van der Waals surface area contributed by atoms with Crippen LogP contribution in [0.25, 0.3) is 10.9 Å². The number of para-hydroxylation sites is 1. The molecule has 3 aromatic rings. The number of H-pyrrole nitrogens is 1. The molecule has 0 aliphatic heterocycles. The van der Waals surface area contributed by atoms with E-state index in [0.717, 1.165) is 0 Å². The number of methoxy groups -OCH3 is 1. The summed E-state index contributed by atoms with van der Waals surface area (Å²) in [6.07, 6.45) is 1.56. The summed E-state index contributed by atoms with van der Waals surface area (Å²) < 4.78 is 6.17. The second-order valence-electron chi connectivity index (χ2n) is 6.04. The molecule has 3 rings (SSSR count). The van der Waals surface area contributed by atoms with Crippen LogP contribution in [0.3, 0.4) is 0 Å². The number of ether oxygens (including phenoxy) is 1. The summed E-state index contributed by atoms with van der Waals surface area (Å²) in [4.78, 5) is 39.8. The van der Waals surface area contributed by atoms with Crippen LogP contribution in [0.1, 0.15) is 20.7 Å². The molecule has 0 saturated carbocycles. The number of benzene rings is 2. The van der Waals surface area contributed by atoms with Gasteiger partial charge in [-0.05, 0) is 42.5 Å². The molecule has 0 aliphatic rings. The van der Waals surface area contributed by atoms with Crippen molar-refractivity contribution in [3.05, 3.63) is 75.3 Å². The molecule has 1 amide bonds. The van der Waals surface area contributed by atoms with Gasteiger partial charge < -0.3 is 20.1 Å². The Kier molecular flexibility index (Phi) is 5.60. The molecule has 29 heavy (non-hydrogen) atoms. The van der Waals surface area contributed by atoms with E-state index in [1.165, 1.54) is 48.1 Å². The first-order valence-corrected chi connectivity index (χ1v) is 8.87. The molecule has 0 saturated heterocycles. The lowest BCUT2D eigenvalue weighted by Gasteiger charge is -2.11. The standard InChI is InChI=1S/C20H17N3O5S/c1-3-9-23-18(26)12-8-7-11(10-15(12)22-20(23)29)17(25)21-14-6-4-5-13(16(14)24)19(27)28-2/h3-8,10,24H,1,9H2,2H3,(H,21,25)(H,22,29). The Balaban J connectivity index is 1.98. The van der Waals surface area contributed by atoms with Gasteiger partial charge in [-0.3, -0.25) is 14.2 Å². The highest BCUT2D eigenvalue weighted by molar-refractivity contribution is 7.71. The van der Waals surface area contributed by atoms with Gasteiger partial charge in [0, 0.05) is 12.1 Å². The third-order valence-electron chi connectivity index (χ3n) is 4.25. The number of fused-ring (bicyclic) bond motifs is 1. The number of nitrogens with zero attached hydrogens (tertiary/aromatic N) is 1. The van der Waals surface area contributed by atoms with Crippen molar-refractivity contribution >= 4 is 40.7 Å². The SMILES string of the molecule is C=CCn1c(=S)[nH]c2cc(C(=O)Nc3cccc(C(=O)OC)c3O)ccc2c1=O. The van der Waals surface area contributed by atoms with Crippen LogP contribution in [0.2, 0.25) is 0 Å². The number of anilines is 1. The van der Waals surface area contributed by atoms with Crippen LogP contribution in [-0.4, -0.2) is 33.6 Å². The molecule has 1 aromatic heterocycles. The highest BCUT2D eigenvalue weighted by Gasteiger charge is 2.17. The molecule has 0 radical (unpaired) electrons. The molecule has 8 nitrogen and oxygen atoms in total. The molecule has 148 valence electrons. The maximum atomic E-state index is 12.6. The lowest BCUT2D eigenvalue weighted by Crippen LogP contribution is -2.22. The Morgan fingerprint density at radius 3 is 2.79 bits per heavy atom. The fraction of sp³-hybridized carbons (Fsp3) is 0.100. The van der Waals surface area contributed by atoms with Crippen molar-refractivity contribution in [1.82, 2.24) is 9.55 Å². The molecule has 9 heteroatoms. The molecular weight excluding hydrogens is 394 g/mol. The number of carbonyl (C=O) groups is 2. The van der Waals surface area contributed by atoms with E-state index < -0.39 is 17.6 Å². The molecule has 0 bridgehead atoms. The summed E-state index contributed by atoms with van der Waals surface area (Å²) in [5.74, 6) is -1.67. The van der Waals surface area contributed by atoms with E-state index in [1.54, 1.807) is 6.08 Å². The Hall–Kier alpha value is -3.72. The van der Waals surface area contributed by atoms with E-state index >= 15 is 0 Å². The van der Waals surface area contributed by atoms with Gasteiger partial charge in [0.05, 0.1) is 23.7 Å². The van der Waals surface area contributed by atoms with E-state index in [4.69, 9.17) is 12.2 Å². The minimum Gasteiger partial charge on any atom is -0.505 e. The van der Waals surface area contributed by atoms with Gasteiger partial charge in [-0.25, -0.2) is 4.79 Å². The number of aromatic amines is 1. The van der Waals surface area contributed by atoms with Gasteiger partial charge >= 0.3 is 5.97 Å². The van der Waals surface area contributed by atoms with Gasteiger partial charge in [-0.15, -0.1) is 6.58 Å². The van der Waals surface area contributed by atoms with E-state index in [2.05, 4.69) is 21.6 Å². The first-order chi connectivity index (χ1) is 13.9. The van der Waals surface area contributed by atoms with E-state index in [1.807, 2.05) is 0 Å². The van der Waals surface area contributed by atoms with Gasteiger partial charge in [0.1, 0.15) is 5.56 Å². The fourth-order valence-electron chi connectivity index (χ4n) is 2.80. The van der Waals surface area contributed by atoms with Gasteiger partial charge in [0.25, 0.3) is 11.5 Å². The zero-order valence-electron chi connectivity index (χ0n) is 15.4. The average molecular weight is 411 g/mol. The zero-order valence-corrected chi connectivity index (χ0v) is 16.2. The lowest BCUT2D eigenvalue weighted by molar-refractivity contribution is 0.0597. The summed E-state index contributed by atoms with van der Waals surface area (Å²) in [7, 11) is 1.19. The Morgan fingerprint density at radius 1 is 1.34 bits per heavy atom. The fourth-order valence-corrected chi connectivity index (χ4v) is 3.07. The number of phenols is 1. The molecule has 0 atom stereocenters. The van der Waals surface area contributed by atoms with Crippen LogP contribution >= 0.6 is 12.2 Å². The number of carbonyl (C=O) groups excluding carboxylic acids is 2. The number of amides is 1. The zero-order chi connectivity index (χ0) is 21.1. The molecule has 1 heterocycles. The number of aromatic nitrogens is 2. The number of esters is 1. The summed E-state index contributed by atoms with van der Waals surface area (Å²) in [6, 6.07) is 8.81. The maximum Gasteiger partial charge on any atom is 0.341 e. The maximum absolute atomic E-state index is 12.6. The first-order valence-electron chi connectivity index (χ1n) is 8.46. The van der Waals surface area contributed by atoms with Crippen molar-refractivity contribution < 1.29 is 19.4 Å². The summed E-state index contributed by atoms with van der Waals surface area (Å²) >= 11 is 5.20. The number of nitrogens with one attached hydrogen (secondary N) is 2. The Bertz CT molecular complexity index is 1260. The minimum atomic E-state index is -0.729. The van der Waals surface area contributed by atoms with Crippen molar-refractivity contribution in [2.24, 2.45) is 0 Å². The summed E-state index contributed by atoms with van der Waals surface area (Å²) in [5, 5.41) is 13.1. The van der Waals surface area contributed by atoms with Crippen molar-refractivity contribution in [2.45, 2.75) is 6.54 Å². The number of aromatic hydroxyl groups is 1. The largest absolute Gasteiger partial charge is 0.505 e. The molecule has 0 spiro atoms. The van der Waals surface area contributed by atoms with Crippen molar-refractivity contribution in [3.63, 3.8) is 0 Å². The van der Waals surface area contributed by atoms with Crippen molar-refractivity contribution in [3.8, 4) is 5.75 Å². The molecule has 0 aliphatic carbocycles. The van der Waals surface area contributed by atoms with Crippen LogP contribution in [0.5, 0.6) is 5.75 Å². The van der Waals surface area contributed by atoms with Crippen LogP contribution in [0, 0.1) is 4.77 Å². The normalized spacial score (nSPS) is 10.5. The van der Waals surface area contributed by atoms with Gasteiger partial charge in [0.15, 0.2) is 10.5 Å². The van der Waals surface area contributed by atoms with E-state index in [0.29, 0.717) is 10.9 Å². The molecule has 0 unspecified atom stereocenters. The first kappa shape index (κ1) is 20.0. The van der Waals surface area contributed by atoms with Crippen molar-refractivity contribution in [1.29, 1.82) is 0 Å². The van der Waals surface area contributed by atoms with Crippen LogP contribution in [0.15, 0.2) is 53.8 Å². The average Bonchev–Trinajstić information content (AvgIpc) is 2.71. The quantitative estimate of drug-likeness (QED) is 0.257. The number of hydrogen-bond acceptors (Lipinski definition) is 6. The van der Waals surface area contributed by atoms with Crippen LogP contribution in [0.4, 0.5) is 5.69 Å². The highest BCUT2D eigenvalue weighted by Crippen LogP contribution is 2.28. The molecule has 2 aromatic carbocycles. The Morgan fingerprint density at radius 2 is 2.10 bits per heavy atom. The smallest absolute Gasteiger partial charge is 0.341 e. The predicted molar refractivity (Wildman–Crippen MR) is 111 cm³/mol. The van der Waals surface area contributed by atoms with E-state index in [9.17, 15) is 19.5 Å². The second kappa shape index (κ2) is 8.11. The highest BCUT2D eigenvalue weighted by atomic mass is 32.1. The number of rotatable bonds is 5. The van der Waals surface area contributed by atoms with Crippen molar-refractivity contribution in [2.75, 3.05) is 12.4 Å². The van der Waals surface area contributed by atoms with Crippen LogP contribution < -0.4 is 10.9 Å². The minimum absolute atomic E-state index is 0.0485.